The Kier molecular flexibility index (Phi) is 3.82. The SMILES string of the molecule is COc1ccc(NC(=O)c2cnn(-c3ccncc3)c2)cc1. The monoisotopic (exact) mass is 294 g/mol. The number of nitrogens with zero attached hydrogens (tertiary/aromatic N) is 3. The second-order valence-electron chi connectivity index (χ2n) is 4.56. The fourth-order valence-corrected chi connectivity index (χ4v) is 1.96. The average molecular weight is 294 g/mol. The van der Waals surface area contributed by atoms with Gasteiger partial charge < -0.3 is 10.1 Å². The molecule has 0 unspecified atom stereocenters. The van der Waals surface area contributed by atoms with Crippen molar-refractivity contribution >= 4 is 11.6 Å². The largest absolute Gasteiger partial charge is 0.497 e. The molecular weight excluding hydrogens is 280 g/mol. The van der Waals surface area contributed by atoms with E-state index in [1.165, 1.54) is 6.20 Å². The molecule has 6 nitrogen and oxygen atoms in total. The molecular formula is C16H14N4O2. The molecule has 22 heavy (non-hydrogen) atoms. The zero-order chi connectivity index (χ0) is 15.4. The Morgan fingerprint density at radius 3 is 2.55 bits per heavy atom. The van der Waals surface area contributed by atoms with Gasteiger partial charge in [-0.05, 0) is 36.4 Å². The van der Waals surface area contributed by atoms with Crippen LogP contribution in [0.2, 0.25) is 0 Å². The van der Waals surface area contributed by atoms with Crippen molar-refractivity contribution in [2.24, 2.45) is 0 Å². The maximum absolute atomic E-state index is 12.2. The lowest BCUT2D eigenvalue weighted by Crippen LogP contribution is -2.10. The second-order valence-corrected chi connectivity index (χ2v) is 4.56. The third kappa shape index (κ3) is 2.95. The minimum atomic E-state index is -0.217. The van der Waals surface area contributed by atoms with Gasteiger partial charge in [0.2, 0.25) is 0 Å². The van der Waals surface area contributed by atoms with Gasteiger partial charge in [0.05, 0.1) is 24.6 Å². The molecule has 0 saturated carbocycles. The normalized spacial score (nSPS) is 10.2. The summed E-state index contributed by atoms with van der Waals surface area (Å²) in [6, 6.07) is 10.8. The lowest BCUT2D eigenvalue weighted by Gasteiger charge is -2.04. The third-order valence-corrected chi connectivity index (χ3v) is 3.12. The van der Waals surface area contributed by atoms with Crippen LogP contribution >= 0.6 is 0 Å². The standard InChI is InChI=1S/C16H14N4O2/c1-22-15-4-2-13(3-5-15)19-16(21)12-10-18-20(11-12)14-6-8-17-9-7-14/h2-11H,1H3,(H,19,21). The van der Waals surface area contributed by atoms with Crippen molar-refractivity contribution < 1.29 is 9.53 Å². The number of methoxy groups -OCH3 is 1. The van der Waals surface area contributed by atoms with E-state index in [9.17, 15) is 4.79 Å². The summed E-state index contributed by atoms with van der Waals surface area (Å²) in [5.41, 5.74) is 2.02. The first-order valence-electron chi connectivity index (χ1n) is 6.67. The molecule has 0 bridgehead atoms. The minimum Gasteiger partial charge on any atom is -0.497 e. The number of hydrogen-bond acceptors (Lipinski definition) is 4. The van der Waals surface area contributed by atoms with E-state index in [2.05, 4.69) is 15.4 Å². The molecule has 3 aromatic rings. The molecule has 0 atom stereocenters. The number of carbonyl (C=O) groups is 1. The summed E-state index contributed by atoms with van der Waals surface area (Å²) in [7, 11) is 1.60. The number of carbonyl (C=O) groups excluding carboxylic acids is 1. The van der Waals surface area contributed by atoms with Crippen LogP contribution in [0.1, 0.15) is 10.4 Å². The molecule has 0 radical (unpaired) electrons. The Labute approximate surface area is 127 Å². The van der Waals surface area contributed by atoms with Gasteiger partial charge >= 0.3 is 0 Å². The number of amides is 1. The highest BCUT2D eigenvalue weighted by atomic mass is 16.5. The molecule has 0 aliphatic rings. The van der Waals surface area contributed by atoms with Crippen LogP contribution < -0.4 is 10.1 Å². The van der Waals surface area contributed by atoms with Crippen molar-refractivity contribution in [3.05, 3.63) is 66.7 Å². The number of rotatable bonds is 4. The molecule has 2 aromatic heterocycles. The number of anilines is 1. The van der Waals surface area contributed by atoms with Crippen molar-refractivity contribution in [1.29, 1.82) is 0 Å². The highest BCUT2D eigenvalue weighted by Gasteiger charge is 2.09. The number of benzene rings is 1. The molecule has 110 valence electrons. The summed E-state index contributed by atoms with van der Waals surface area (Å²) in [6.45, 7) is 0. The summed E-state index contributed by atoms with van der Waals surface area (Å²) in [5, 5.41) is 7.00. The van der Waals surface area contributed by atoms with Crippen molar-refractivity contribution in [3.63, 3.8) is 0 Å². The molecule has 6 heteroatoms. The summed E-state index contributed by atoms with van der Waals surface area (Å²) in [4.78, 5) is 16.2. The molecule has 0 fully saturated rings. The molecule has 0 spiro atoms. The van der Waals surface area contributed by atoms with Gasteiger partial charge in [0.15, 0.2) is 0 Å². The highest BCUT2D eigenvalue weighted by molar-refractivity contribution is 6.04. The first-order valence-corrected chi connectivity index (χ1v) is 6.67. The molecule has 0 aliphatic heterocycles. The fraction of sp³-hybridized carbons (Fsp3) is 0.0625. The minimum absolute atomic E-state index is 0.217. The van der Waals surface area contributed by atoms with Gasteiger partial charge in [0.25, 0.3) is 5.91 Å². The zero-order valence-corrected chi connectivity index (χ0v) is 11.9. The van der Waals surface area contributed by atoms with Gasteiger partial charge in [-0.15, -0.1) is 0 Å². The van der Waals surface area contributed by atoms with Crippen LogP contribution in [0.4, 0.5) is 5.69 Å². The van der Waals surface area contributed by atoms with E-state index in [-0.39, 0.29) is 5.91 Å². The van der Waals surface area contributed by atoms with Crippen molar-refractivity contribution in [1.82, 2.24) is 14.8 Å². The number of aromatic nitrogens is 3. The smallest absolute Gasteiger partial charge is 0.258 e. The fourth-order valence-electron chi connectivity index (χ4n) is 1.96. The Balaban J connectivity index is 1.74. The lowest BCUT2D eigenvalue weighted by atomic mass is 10.2. The van der Waals surface area contributed by atoms with Crippen molar-refractivity contribution in [2.75, 3.05) is 12.4 Å². The molecule has 1 aromatic carbocycles. The predicted octanol–water partition coefficient (Wildman–Crippen LogP) is 2.53. The number of pyridine rings is 1. The maximum atomic E-state index is 12.2. The van der Waals surface area contributed by atoms with Crippen LogP contribution in [-0.4, -0.2) is 27.8 Å². The number of nitrogens with one attached hydrogen (secondary N) is 1. The Morgan fingerprint density at radius 1 is 1.14 bits per heavy atom. The first kappa shape index (κ1) is 13.8. The molecule has 0 aliphatic carbocycles. The van der Waals surface area contributed by atoms with Crippen molar-refractivity contribution in [3.8, 4) is 11.4 Å². The third-order valence-electron chi connectivity index (χ3n) is 3.12. The van der Waals surface area contributed by atoms with Gasteiger partial charge in [-0.2, -0.15) is 5.10 Å². The summed E-state index contributed by atoms with van der Waals surface area (Å²) in [5.74, 6) is 0.522. The van der Waals surface area contributed by atoms with E-state index < -0.39 is 0 Å². The van der Waals surface area contributed by atoms with Gasteiger partial charge in [0.1, 0.15) is 5.75 Å². The predicted molar refractivity (Wildman–Crippen MR) is 82.3 cm³/mol. The molecule has 2 heterocycles. The Hall–Kier alpha value is -3.15. The van der Waals surface area contributed by atoms with Crippen LogP contribution in [0.3, 0.4) is 0 Å². The lowest BCUT2D eigenvalue weighted by molar-refractivity contribution is 0.102. The Morgan fingerprint density at radius 2 is 1.86 bits per heavy atom. The van der Waals surface area contributed by atoms with Gasteiger partial charge in [-0.25, -0.2) is 4.68 Å². The van der Waals surface area contributed by atoms with Crippen LogP contribution in [0.15, 0.2) is 61.2 Å². The van der Waals surface area contributed by atoms with Crippen LogP contribution in [0, 0.1) is 0 Å². The average Bonchev–Trinajstić information content (AvgIpc) is 3.06. The van der Waals surface area contributed by atoms with Crippen molar-refractivity contribution in [2.45, 2.75) is 0 Å². The maximum Gasteiger partial charge on any atom is 0.258 e. The summed E-state index contributed by atoms with van der Waals surface area (Å²) in [6.07, 6.45) is 6.55. The summed E-state index contributed by atoms with van der Waals surface area (Å²) < 4.78 is 6.71. The van der Waals surface area contributed by atoms with E-state index in [0.717, 1.165) is 11.4 Å². The highest BCUT2D eigenvalue weighted by Crippen LogP contribution is 2.16. The second kappa shape index (κ2) is 6.09. The van der Waals surface area contributed by atoms with Crippen LogP contribution in [0.25, 0.3) is 5.69 Å². The molecule has 3 rings (SSSR count). The Bertz CT molecular complexity index is 766. The molecule has 0 saturated heterocycles. The molecule has 1 amide bonds. The van der Waals surface area contributed by atoms with Gasteiger partial charge in [-0.3, -0.25) is 9.78 Å². The summed E-state index contributed by atoms with van der Waals surface area (Å²) >= 11 is 0. The van der Waals surface area contributed by atoms with Gasteiger partial charge in [0, 0.05) is 24.3 Å². The quantitative estimate of drug-likeness (QED) is 0.802. The van der Waals surface area contributed by atoms with Crippen LogP contribution in [-0.2, 0) is 0 Å². The molecule has 1 N–H and O–H groups in total. The van der Waals surface area contributed by atoms with Gasteiger partial charge in [-0.1, -0.05) is 0 Å². The zero-order valence-electron chi connectivity index (χ0n) is 11.9. The van der Waals surface area contributed by atoms with E-state index in [4.69, 9.17) is 4.74 Å². The topological polar surface area (TPSA) is 69.0 Å². The van der Waals surface area contributed by atoms with E-state index in [0.29, 0.717) is 11.3 Å². The van der Waals surface area contributed by atoms with Crippen LogP contribution in [0.5, 0.6) is 5.75 Å². The van der Waals surface area contributed by atoms with E-state index >= 15 is 0 Å². The number of hydrogen-bond donors (Lipinski definition) is 1. The van der Waals surface area contributed by atoms with E-state index in [1.54, 1.807) is 54.6 Å². The number of ether oxygens (including phenoxy) is 1. The van der Waals surface area contributed by atoms with E-state index in [1.807, 2.05) is 12.1 Å². The first-order chi connectivity index (χ1) is 10.8.